The molecule has 0 aliphatic carbocycles. The van der Waals surface area contributed by atoms with Crippen molar-refractivity contribution in [3.8, 4) is 0 Å². The highest BCUT2D eigenvalue weighted by molar-refractivity contribution is 6.31. The van der Waals surface area contributed by atoms with E-state index in [1.807, 2.05) is 0 Å². The van der Waals surface area contributed by atoms with Gasteiger partial charge in [0.25, 0.3) is 5.91 Å². The highest BCUT2D eigenvalue weighted by Gasteiger charge is 2.30. The van der Waals surface area contributed by atoms with Gasteiger partial charge >= 0.3 is 12.2 Å². The Hall–Kier alpha value is -3.66. The van der Waals surface area contributed by atoms with Crippen molar-refractivity contribution in [2.45, 2.75) is 6.18 Å². The Morgan fingerprint density at radius 1 is 0.781 bits per heavy atom. The first-order valence-corrected chi connectivity index (χ1v) is 9.22. The molecule has 3 amide bonds. The first-order valence-electron chi connectivity index (χ1n) is 8.84. The molecule has 32 heavy (non-hydrogen) atoms. The van der Waals surface area contributed by atoms with Crippen LogP contribution in [0.2, 0.25) is 5.02 Å². The number of hydrogen-bond donors (Lipinski definition) is 3. The molecule has 0 saturated carbocycles. The van der Waals surface area contributed by atoms with E-state index in [9.17, 15) is 31.5 Å². The highest BCUT2D eigenvalue weighted by atomic mass is 35.5. The topological polar surface area (TPSA) is 70.2 Å². The smallest absolute Gasteiger partial charge is 0.319 e. The molecule has 3 aromatic rings. The van der Waals surface area contributed by atoms with Gasteiger partial charge in [0, 0.05) is 16.4 Å². The summed E-state index contributed by atoms with van der Waals surface area (Å²) in [5.74, 6) is -2.72. The molecule has 0 unspecified atom stereocenters. The van der Waals surface area contributed by atoms with Crippen molar-refractivity contribution in [1.29, 1.82) is 0 Å². The first kappa shape index (κ1) is 23.0. The van der Waals surface area contributed by atoms with Crippen molar-refractivity contribution in [1.82, 2.24) is 0 Å². The Kier molecular flexibility index (Phi) is 6.64. The van der Waals surface area contributed by atoms with Crippen molar-refractivity contribution < 1.29 is 31.5 Å². The van der Waals surface area contributed by atoms with Crippen molar-refractivity contribution in [3.05, 3.63) is 88.4 Å². The zero-order valence-electron chi connectivity index (χ0n) is 15.9. The molecule has 0 aromatic heterocycles. The Labute approximate surface area is 183 Å². The summed E-state index contributed by atoms with van der Waals surface area (Å²) in [7, 11) is 0. The number of carbonyl (C=O) groups excluding carboxylic acids is 2. The second kappa shape index (κ2) is 9.23. The van der Waals surface area contributed by atoms with E-state index in [-0.39, 0.29) is 22.1 Å². The summed E-state index contributed by atoms with van der Waals surface area (Å²) in [6.45, 7) is 0. The highest BCUT2D eigenvalue weighted by Crippen LogP contribution is 2.30. The van der Waals surface area contributed by atoms with E-state index < -0.39 is 40.9 Å². The van der Waals surface area contributed by atoms with Crippen LogP contribution < -0.4 is 16.0 Å². The number of anilines is 3. The van der Waals surface area contributed by atoms with Crippen LogP contribution in [0.3, 0.4) is 0 Å². The number of halogens is 6. The lowest BCUT2D eigenvalue weighted by atomic mass is 10.2. The van der Waals surface area contributed by atoms with Crippen molar-refractivity contribution in [2.24, 2.45) is 0 Å². The number of alkyl halides is 3. The first-order chi connectivity index (χ1) is 15.0. The Morgan fingerprint density at radius 2 is 1.44 bits per heavy atom. The normalized spacial score (nSPS) is 11.1. The minimum absolute atomic E-state index is 0.0118. The molecule has 5 nitrogen and oxygen atoms in total. The van der Waals surface area contributed by atoms with E-state index in [0.29, 0.717) is 0 Å². The van der Waals surface area contributed by atoms with Crippen LogP contribution in [0.4, 0.5) is 43.8 Å². The Morgan fingerprint density at radius 3 is 2.12 bits per heavy atom. The maximum Gasteiger partial charge on any atom is 0.416 e. The van der Waals surface area contributed by atoms with Gasteiger partial charge in [0.05, 0.1) is 16.8 Å². The summed E-state index contributed by atoms with van der Waals surface area (Å²) < 4.78 is 66.3. The standard InChI is InChI=1S/C21H13ClF5N3O2/c22-12-4-6-16(23)15(9-12)19(31)30-18-10-14(5-7-17(18)24)29-20(32)28-13-3-1-2-11(8-13)21(25,26)27/h1-10H,(H,30,31)(H2,28,29,32). The maximum atomic E-state index is 14.1. The molecule has 0 aliphatic heterocycles. The fourth-order valence-electron chi connectivity index (χ4n) is 2.63. The van der Waals surface area contributed by atoms with Crippen LogP contribution in [0, 0.1) is 11.6 Å². The lowest BCUT2D eigenvalue weighted by molar-refractivity contribution is -0.137. The van der Waals surface area contributed by atoms with Gasteiger partial charge in [-0.05, 0) is 54.6 Å². The molecule has 0 spiro atoms. The van der Waals surface area contributed by atoms with Crippen LogP contribution in [-0.2, 0) is 6.18 Å². The molecule has 166 valence electrons. The van der Waals surface area contributed by atoms with Gasteiger partial charge in [-0.25, -0.2) is 13.6 Å². The zero-order chi connectivity index (χ0) is 23.5. The predicted molar refractivity (Wildman–Crippen MR) is 110 cm³/mol. The average Bonchev–Trinajstić information content (AvgIpc) is 2.71. The van der Waals surface area contributed by atoms with Gasteiger partial charge in [0.1, 0.15) is 11.6 Å². The van der Waals surface area contributed by atoms with Gasteiger partial charge in [-0.15, -0.1) is 0 Å². The summed E-state index contributed by atoms with van der Waals surface area (Å²) in [5, 5.41) is 6.80. The number of carbonyl (C=O) groups is 2. The van der Waals surface area contributed by atoms with Gasteiger partial charge in [0.15, 0.2) is 0 Å². The summed E-state index contributed by atoms with van der Waals surface area (Å²) in [6, 6.07) is 9.50. The summed E-state index contributed by atoms with van der Waals surface area (Å²) in [4.78, 5) is 24.4. The molecule has 3 aromatic carbocycles. The van der Waals surface area contributed by atoms with Gasteiger partial charge in [0.2, 0.25) is 0 Å². The summed E-state index contributed by atoms with van der Waals surface area (Å²) in [6.07, 6.45) is -4.58. The lowest BCUT2D eigenvalue weighted by Crippen LogP contribution is -2.20. The molecular formula is C21H13ClF5N3O2. The third-order valence-corrected chi connectivity index (χ3v) is 4.33. The summed E-state index contributed by atoms with van der Waals surface area (Å²) >= 11 is 5.74. The van der Waals surface area contributed by atoms with Crippen molar-refractivity contribution in [2.75, 3.05) is 16.0 Å². The molecule has 0 fully saturated rings. The van der Waals surface area contributed by atoms with E-state index in [0.717, 1.165) is 48.5 Å². The Bertz CT molecular complexity index is 1180. The molecule has 0 radical (unpaired) electrons. The molecule has 0 aliphatic rings. The minimum atomic E-state index is -4.58. The van der Waals surface area contributed by atoms with E-state index >= 15 is 0 Å². The van der Waals surface area contributed by atoms with E-state index in [1.54, 1.807) is 0 Å². The molecule has 0 saturated heterocycles. The monoisotopic (exact) mass is 469 g/mol. The average molecular weight is 470 g/mol. The van der Waals surface area contributed by atoms with E-state index in [1.165, 1.54) is 12.1 Å². The van der Waals surface area contributed by atoms with Gasteiger partial charge in [-0.2, -0.15) is 13.2 Å². The van der Waals surface area contributed by atoms with Crippen molar-refractivity contribution in [3.63, 3.8) is 0 Å². The predicted octanol–water partition coefficient (Wildman–Crippen LogP) is 6.53. The number of urea groups is 1. The van der Waals surface area contributed by atoms with Crippen LogP contribution in [0.25, 0.3) is 0 Å². The van der Waals surface area contributed by atoms with Crippen LogP contribution in [0.1, 0.15) is 15.9 Å². The lowest BCUT2D eigenvalue weighted by Gasteiger charge is -2.12. The Balaban J connectivity index is 1.72. The second-order valence-electron chi connectivity index (χ2n) is 6.43. The zero-order valence-corrected chi connectivity index (χ0v) is 16.6. The fraction of sp³-hybridized carbons (Fsp3) is 0.0476. The molecule has 0 bridgehead atoms. The van der Waals surface area contributed by atoms with E-state index in [2.05, 4.69) is 16.0 Å². The number of amides is 3. The largest absolute Gasteiger partial charge is 0.416 e. The molecule has 3 rings (SSSR count). The minimum Gasteiger partial charge on any atom is -0.319 e. The summed E-state index contributed by atoms with van der Waals surface area (Å²) in [5.41, 5.74) is -1.85. The van der Waals surface area contributed by atoms with Gasteiger partial charge < -0.3 is 16.0 Å². The van der Waals surface area contributed by atoms with Crippen LogP contribution in [0.5, 0.6) is 0 Å². The van der Waals surface area contributed by atoms with Crippen LogP contribution >= 0.6 is 11.6 Å². The van der Waals surface area contributed by atoms with Gasteiger partial charge in [-0.1, -0.05) is 17.7 Å². The quantitative estimate of drug-likeness (QED) is 0.380. The van der Waals surface area contributed by atoms with Crippen LogP contribution in [0.15, 0.2) is 60.7 Å². The molecule has 0 heterocycles. The number of rotatable bonds is 4. The molecule has 0 atom stereocenters. The molecule has 3 N–H and O–H groups in total. The maximum absolute atomic E-state index is 14.1. The second-order valence-corrected chi connectivity index (χ2v) is 6.87. The van der Waals surface area contributed by atoms with Gasteiger partial charge in [-0.3, -0.25) is 4.79 Å². The third kappa shape index (κ3) is 5.73. The fourth-order valence-corrected chi connectivity index (χ4v) is 2.80. The number of benzene rings is 3. The van der Waals surface area contributed by atoms with Crippen molar-refractivity contribution >= 4 is 40.6 Å². The third-order valence-electron chi connectivity index (χ3n) is 4.09. The molecular weight excluding hydrogens is 457 g/mol. The SMILES string of the molecule is O=C(Nc1cccc(C(F)(F)F)c1)Nc1ccc(F)c(NC(=O)c2cc(Cl)ccc2F)c1. The number of hydrogen-bond acceptors (Lipinski definition) is 2. The molecule has 11 heteroatoms. The van der Waals surface area contributed by atoms with E-state index in [4.69, 9.17) is 11.6 Å². The van der Waals surface area contributed by atoms with Crippen LogP contribution in [-0.4, -0.2) is 11.9 Å². The number of nitrogens with one attached hydrogen (secondary N) is 3.